The van der Waals surface area contributed by atoms with Crippen LogP contribution in [0.5, 0.6) is 0 Å². The molecule has 0 radical (unpaired) electrons. The van der Waals surface area contributed by atoms with Crippen LogP contribution in [0.15, 0.2) is 18.2 Å². The molecule has 0 amide bonds. The first kappa shape index (κ1) is 15.3. The minimum atomic E-state index is -0.739. The van der Waals surface area contributed by atoms with Crippen molar-refractivity contribution in [2.45, 2.75) is 32.6 Å². The Morgan fingerprint density at radius 2 is 2.14 bits per heavy atom. The largest absolute Gasteiger partial charge is 0.481 e. The molecule has 1 aliphatic carbocycles. The van der Waals surface area contributed by atoms with Crippen LogP contribution in [0.4, 0.5) is 11.4 Å². The second kappa shape index (κ2) is 6.56. The van der Waals surface area contributed by atoms with Gasteiger partial charge in [-0.25, -0.2) is 0 Å². The molecular formula is C15H20N2O4. The number of carbonyl (C=O) groups is 1. The molecule has 1 fully saturated rings. The van der Waals surface area contributed by atoms with Crippen LogP contribution in [0.2, 0.25) is 0 Å². The summed E-state index contributed by atoms with van der Waals surface area (Å²) in [6, 6.07) is 4.91. The van der Waals surface area contributed by atoms with Gasteiger partial charge in [0.25, 0.3) is 5.69 Å². The smallest absolute Gasteiger partial charge is 0.306 e. The number of rotatable bonds is 5. The van der Waals surface area contributed by atoms with Crippen molar-refractivity contribution in [2.24, 2.45) is 11.8 Å². The standard InChI is InChI=1S/C15H20N2O4/c1-10-13(7-4-8-14(10)17(20)21)16-9-11-5-2-3-6-12(11)15(18)19/h4,7-8,11-12,16H,2-3,5-6,9H2,1H3,(H,18,19). The highest BCUT2D eigenvalue weighted by Crippen LogP contribution is 2.31. The lowest BCUT2D eigenvalue weighted by Crippen LogP contribution is -2.31. The number of hydrogen-bond acceptors (Lipinski definition) is 4. The number of hydrogen-bond donors (Lipinski definition) is 2. The quantitative estimate of drug-likeness (QED) is 0.642. The van der Waals surface area contributed by atoms with Crippen molar-refractivity contribution in [3.8, 4) is 0 Å². The molecule has 2 unspecified atom stereocenters. The van der Waals surface area contributed by atoms with E-state index in [1.807, 2.05) is 0 Å². The van der Waals surface area contributed by atoms with E-state index >= 15 is 0 Å². The van der Waals surface area contributed by atoms with Gasteiger partial charge in [0.15, 0.2) is 0 Å². The number of nitrogens with one attached hydrogen (secondary N) is 1. The summed E-state index contributed by atoms with van der Waals surface area (Å²) in [7, 11) is 0. The minimum Gasteiger partial charge on any atom is -0.481 e. The predicted molar refractivity (Wildman–Crippen MR) is 79.4 cm³/mol. The van der Waals surface area contributed by atoms with Crippen molar-refractivity contribution in [2.75, 3.05) is 11.9 Å². The van der Waals surface area contributed by atoms with E-state index in [0.717, 1.165) is 25.7 Å². The molecule has 6 nitrogen and oxygen atoms in total. The molecule has 2 N–H and O–H groups in total. The van der Waals surface area contributed by atoms with Crippen LogP contribution in [-0.4, -0.2) is 22.5 Å². The van der Waals surface area contributed by atoms with Gasteiger partial charge in [-0.2, -0.15) is 0 Å². The van der Waals surface area contributed by atoms with E-state index in [1.165, 1.54) is 6.07 Å². The topological polar surface area (TPSA) is 92.5 Å². The summed E-state index contributed by atoms with van der Waals surface area (Å²) in [6.45, 7) is 2.25. The molecular weight excluding hydrogens is 272 g/mol. The van der Waals surface area contributed by atoms with E-state index in [1.54, 1.807) is 19.1 Å². The van der Waals surface area contributed by atoms with Gasteiger partial charge in [0.2, 0.25) is 0 Å². The normalized spacial score (nSPS) is 21.8. The van der Waals surface area contributed by atoms with Crippen molar-refractivity contribution in [3.63, 3.8) is 0 Å². The average Bonchev–Trinajstić information content (AvgIpc) is 2.46. The number of carboxylic acids is 1. The van der Waals surface area contributed by atoms with E-state index in [0.29, 0.717) is 17.8 Å². The van der Waals surface area contributed by atoms with E-state index in [-0.39, 0.29) is 17.5 Å². The third-order valence-electron chi connectivity index (χ3n) is 4.28. The molecule has 21 heavy (non-hydrogen) atoms. The SMILES string of the molecule is Cc1c(NCC2CCCCC2C(=O)O)cccc1[N+](=O)[O-]. The summed E-state index contributed by atoms with van der Waals surface area (Å²) in [5.74, 6) is -0.975. The summed E-state index contributed by atoms with van der Waals surface area (Å²) < 4.78 is 0. The Morgan fingerprint density at radius 3 is 2.81 bits per heavy atom. The molecule has 0 saturated heterocycles. The van der Waals surface area contributed by atoms with Crippen LogP contribution in [-0.2, 0) is 4.79 Å². The van der Waals surface area contributed by atoms with E-state index in [2.05, 4.69) is 5.32 Å². The molecule has 1 aromatic carbocycles. The maximum absolute atomic E-state index is 11.3. The van der Waals surface area contributed by atoms with Gasteiger partial charge >= 0.3 is 5.97 Å². The Morgan fingerprint density at radius 1 is 1.43 bits per heavy atom. The zero-order valence-electron chi connectivity index (χ0n) is 12.0. The average molecular weight is 292 g/mol. The van der Waals surface area contributed by atoms with Crippen LogP contribution in [0.25, 0.3) is 0 Å². The Balaban J connectivity index is 2.07. The molecule has 0 bridgehead atoms. The van der Waals surface area contributed by atoms with Gasteiger partial charge in [-0.15, -0.1) is 0 Å². The lowest BCUT2D eigenvalue weighted by Gasteiger charge is -2.29. The third-order valence-corrected chi connectivity index (χ3v) is 4.28. The molecule has 1 aromatic rings. The summed E-state index contributed by atoms with van der Waals surface area (Å²) in [5.41, 5.74) is 1.38. The van der Waals surface area contributed by atoms with E-state index in [4.69, 9.17) is 0 Å². The van der Waals surface area contributed by atoms with Gasteiger partial charge in [-0.1, -0.05) is 18.9 Å². The fourth-order valence-corrected chi connectivity index (χ4v) is 3.03. The summed E-state index contributed by atoms with van der Waals surface area (Å²) in [4.78, 5) is 21.8. The van der Waals surface area contributed by atoms with Gasteiger partial charge in [-0.05, 0) is 31.7 Å². The predicted octanol–water partition coefficient (Wildman–Crippen LogP) is 3.21. The lowest BCUT2D eigenvalue weighted by molar-refractivity contribution is -0.385. The molecule has 114 valence electrons. The highest BCUT2D eigenvalue weighted by molar-refractivity contribution is 5.70. The van der Waals surface area contributed by atoms with Crippen LogP contribution in [0.1, 0.15) is 31.2 Å². The maximum atomic E-state index is 11.3. The zero-order valence-corrected chi connectivity index (χ0v) is 12.0. The Hall–Kier alpha value is -2.11. The van der Waals surface area contributed by atoms with Crippen molar-refractivity contribution < 1.29 is 14.8 Å². The van der Waals surface area contributed by atoms with Crippen molar-refractivity contribution >= 4 is 17.3 Å². The van der Waals surface area contributed by atoms with Crippen LogP contribution in [0.3, 0.4) is 0 Å². The first-order valence-corrected chi connectivity index (χ1v) is 7.21. The van der Waals surface area contributed by atoms with Crippen LogP contribution < -0.4 is 5.32 Å². The van der Waals surface area contributed by atoms with Gasteiger partial charge in [0.1, 0.15) is 0 Å². The number of carboxylic acid groups (broad SMARTS) is 1. The molecule has 1 aliphatic rings. The summed E-state index contributed by atoms with van der Waals surface area (Å²) in [6.07, 6.45) is 3.61. The van der Waals surface area contributed by atoms with Crippen LogP contribution >= 0.6 is 0 Å². The fourth-order valence-electron chi connectivity index (χ4n) is 3.03. The molecule has 1 saturated carbocycles. The highest BCUT2D eigenvalue weighted by Gasteiger charge is 2.30. The molecule has 0 aliphatic heterocycles. The number of nitrogens with zero attached hydrogens (tertiary/aromatic N) is 1. The monoisotopic (exact) mass is 292 g/mol. The van der Waals surface area contributed by atoms with E-state index in [9.17, 15) is 20.0 Å². The number of benzene rings is 1. The van der Waals surface area contributed by atoms with E-state index < -0.39 is 10.9 Å². The number of nitro groups is 1. The number of nitro benzene ring substituents is 1. The van der Waals surface area contributed by atoms with Gasteiger partial charge in [-0.3, -0.25) is 14.9 Å². The van der Waals surface area contributed by atoms with Crippen molar-refractivity contribution in [1.82, 2.24) is 0 Å². The molecule has 2 atom stereocenters. The molecule has 0 heterocycles. The first-order valence-electron chi connectivity index (χ1n) is 7.21. The highest BCUT2D eigenvalue weighted by atomic mass is 16.6. The number of anilines is 1. The van der Waals surface area contributed by atoms with Gasteiger partial charge in [0.05, 0.1) is 10.8 Å². The lowest BCUT2D eigenvalue weighted by atomic mass is 9.79. The van der Waals surface area contributed by atoms with Crippen LogP contribution in [0, 0.1) is 28.9 Å². The van der Waals surface area contributed by atoms with Crippen molar-refractivity contribution in [3.05, 3.63) is 33.9 Å². The Labute approximate surface area is 123 Å². The van der Waals surface area contributed by atoms with Crippen molar-refractivity contribution in [1.29, 1.82) is 0 Å². The Bertz CT molecular complexity index is 544. The number of aliphatic carboxylic acids is 1. The summed E-state index contributed by atoms with van der Waals surface area (Å²) in [5, 5.41) is 23.4. The first-order chi connectivity index (χ1) is 10.0. The zero-order chi connectivity index (χ0) is 15.4. The second-order valence-electron chi connectivity index (χ2n) is 5.58. The molecule has 2 rings (SSSR count). The molecule has 6 heteroatoms. The fraction of sp³-hybridized carbons (Fsp3) is 0.533. The second-order valence-corrected chi connectivity index (χ2v) is 5.58. The maximum Gasteiger partial charge on any atom is 0.306 e. The Kier molecular flexibility index (Phi) is 4.77. The van der Waals surface area contributed by atoms with Gasteiger partial charge < -0.3 is 10.4 Å². The third kappa shape index (κ3) is 3.51. The van der Waals surface area contributed by atoms with Gasteiger partial charge in [0, 0.05) is 23.9 Å². The minimum absolute atomic E-state index is 0.0786. The summed E-state index contributed by atoms with van der Waals surface area (Å²) >= 11 is 0. The molecule has 0 aromatic heterocycles. The molecule has 0 spiro atoms.